The highest BCUT2D eigenvalue weighted by Gasteiger charge is 2.09. The Kier molecular flexibility index (Phi) is 3.28. The van der Waals surface area contributed by atoms with Gasteiger partial charge in [-0.1, -0.05) is 0 Å². The van der Waals surface area contributed by atoms with E-state index in [9.17, 15) is 0 Å². The van der Waals surface area contributed by atoms with Gasteiger partial charge in [0, 0.05) is 15.9 Å². The van der Waals surface area contributed by atoms with Crippen molar-refractivity contribution in [3.63, 3.8) is 0 Å². The fourth-order valence-corrected chi connectivity index (χ4v) is 3.06. The summed E-state index contributed by atoms with van der Waals surface area (Å²) >= 11 is 3.25. The van der Waals surface area contributed by atoms with Gasteiger partial charge in [-0.2, -0.15) is 5.26 Å². The average Bonchev–Trinajstić information content (AvgIpc) is 2.88. The summed E-state index contributed by atoms with van der Waals surface area (Å²) in [4.78, 5) is 1.97. The highest BCUT2D eigenvalue weighted by molar-refractivity contribution is 7.12. The van der Waals surface area contributed by atoms with Gasteiger partial charge in [0.25, 0.3) is 0 Å². The van der Waals surface area contributed by atoms with Crippen molar-refractivity contribution >= 4 is 28.4 Å². The molecule has 0 spiro atoms. The molecule has 0 aliphatic rings. The van der Waals surface area contributed by atoms with E-state index in [4.69, 9.17) is 5.26 Å². The van der Waals surface area contributed by atoms with Gasteiger partial charge in [0.1, 0.15) is 10.9 Å². The van der Waals surface area contributed by atoms with Crippen LogP contribution in [-0.4, -0.2) is 0 Å². The van der Waals surface area contributed by atoms with Gasteiger partial charge in [0.2, 0.25) is 0 Å². The van der Waals surface area contributed by atoms with Gasteiger partial charge >= 0.3 is 0 Å². The average molecular weight is 248 g/mol. The van der Waals surface area contributed by atoms with Crippen molar-refractivity contribution in [3.05, 3.63) is 38.2 Å². The minimum atomic E-state index is 0.250. The minimum absolute atomic E-state index is 0.250. The zero-order chi connectivity index (χ0) is 11.5. The fourth-order valence-electron chi connectivity index (χ4n) is 1.46. The molecule has 0 amide bonds. The lowest BCUT2D eigenvalue weighted by atomic mass is 10.2. The first-order valence-corrected chi connectivity index (χ1v) is 6.76. The van der Waals surface area contributed by atoms with Crippen LogP contribution >= 0.6 is 22.7 Å². The number of thiophene rings is 2. The Hall–Kier alpha value is -1.31. The molecule has 0 aliphatic carbocycles. The van der Waals surface area contributed by atoms with E-state index in [1.165, 1.54) is 16.1 Å². The maximum absolute atomic E-state index is 8.78. The quantitative estimate of drug-likeness (QED) is 0.885. The van der Waals surface area contributed by atoms with E-state index < -0.39 is 0 Å². The largest absolute Gasteiger partial charge is 0.377 e. The van der Waals surface area contributed by atoms with Gasteiger partial charge in [-0.15, -0.1) is 22.7 Å². The molecule has 16 heavy (non-hydrogen) atoms. The Morgan fingerprint density at radius 1 is 1.38 bits per heavy atom. The lowest BCUT2D eigenvalue weighted by molar-refractivity contribution is 0.907. The first kappa shape index (κ1) is 11.2. The number of hydrogen-bond acceptors (Lipinski definition) is 4. The highest BCUT2D eigenvalue weighted by atomic mass is 32.1. The number of nitrogens with one attached hydrogen (secondary N) is 1. The molecule has 0 aliphatic heterocycles. The molecule has 0 fully saturated rings. The molecule has 0 aromatic carbocycles. The van der Waals surface area contributed by atoms with E-state index in [1.807, 2.05) is 12.1 Å². The molecule has 0 saturated carbocycles. The first-order chi connectivity index (χ1) is 7.70. The number of nitriles is 1. The van der Waals surface area contributed by atoms with E-state index in [-0.39, 0.29) is 6.04 Å². The predicted molar refractivity (Wildman–Crippen MR) is 70.1 cm³/mol. The molecule has 1 N–H and O–H groups in total. The van der Waals surface area contributed by atoms with Crippen molar-refractivity contribution in [2.24, 2.45) is 0 Å². The Morgan fingerprint density at radius 2 is 2.19 bits per heavy atom. The molecule has 2 rings (SSSR count). The van der Waals surface area contributed by atoms with Crippen molar-refractivity contribution in [2.75, 3.05) is 5.32 Å². The molecule has 4 heteroatoms. The first-order valence-electron chi connectivity index (χ1n) is 5.00. The smallest absolute Gasteiger partial charge is 0.110 e. The van der Waals surface area contributed by atoms with Crippen LogP contribution in [0.1, 0.15) is 28.3 Å². The summed E-state index contributed by atoms with van der Waals surface area (Å²) in [5.41, 5.74) is 2.46. The molecular formula is C12H12N2S2. The Labute approximate surface area is 103 Å². The van der Waals surface area contributed by atoms with Crippen LogP contribution in [0.25, 0.3) is 0 Å². The van der Waals surface area contributed by atoms with Crippen LogP contribution < -0.4 is 5.32 Å². The standard InChI is InChI=1S/C12H12N2S2/c1-8-6-15-7-11(8)14-9(2)12-4-3-10(5-13)16-12/h3-4,6-7,9,14H,1-2H3. The maximum Gasteiger partial charge on any atom is 0.110 e. The van der Waals surface area contributed by atoms with E-state index in [0.717, 1.165) is 4.88 Å². The number of nitrogens with zero attached hydrogens (tertiary/aromatic N) is 1. The number of hydrogen-bond donors (Lipinski definition) is 1. The van der Waals surface area contributed by atoms with Gasteiger partial charge in [-0.05, 0) is 36.9 Å². The molecule has 0 saturated heterocycles. The van der Waals surface area contributed by atoms with Crippen LogP contribution in [0.4, 0.5) is 5.69 Å². The van der Waals surface area contributed by atoms with Crippen LogP contribution in [0.2, 0.25) is 0 Å². The number of rotatable bonds is 3. The molecule has 2 aromatic rings. The monoisotopic (exact) mass is 248 g/mol. The van der Waals surface area contributed by atoms with E-state index in [0.29, 0.717) is 0 Å². The molecule has 2 aromatic heterocycles. The van der Waals surface area contributed by atoms with Crippen LogP contribution in [0, 0.1) is 18.3 Å². The highest BCUT2D eigenvalue weighted by Crippen LogP contribution is 2.28. The van der Waals surface area contributed by atoms with Crippen molar-refractivity contribution in [1.29, 1.82) is 5.26 Å². The summed E-state index contributed by atoms with van der Waals surface area (Å²) in [5, 5.41) is 16.5. The third-order valence-corrected chi connectivity index (χ3v) is 4.43. The maximum atomic E-state index is 8.78. The van der Waals surface area contributed by atoms with E-state index in [2.05, 4.69) is 36.0 Å². The molecule has 1 atom stereocenters. The van der Waals surface area contributed by atoms with Gasteiger partial charge in [0.05, 0.1) is 6.04 Å². The van der Waals surface area contributed by atoms with E-state index in [1.54, 1.807) is 22.7 Å². The summed E-state index contributed by atoms with van der Waals surface area (Å²) < 4.78 is 0. The summed E-state index contributed by atoms with van der Waals surface area (Å²) in [6.07, 6.45) is 0. The number of aryl methyl sites for hydroxylation is 1. The molecule has 1 unspecified atom stereocenters. The second-order valence-electron chi connectivity index (χ2n) is 3.65. The Bertz CT molecular complexity index is 519. The fraction of sp³-hybridized carbons (Fsp3) is 0.250. The van der Waals surface area contributed by atoms with Gasteiger partial charge < -0.3 is 5.32 Å². The zero-order valence-electron chi connectivity index (χ0n) is 9.15. The van der Waals surface area contributed by atoms with Gasteiger partial charge in [0.15, 0.2) is 0 Å². The molecule has 82 valence electrons. The van der Waals surface area contributed by atoms with Crippen molar-refractivity contribution in [1.82, 2.24) is 0 Å². The van der Waals surface area contributed by atoms with Crippen LogP contribution in [0.3, 0.4) is 0 Å². The second kappa shape index (κ2) is 4.69. The molecule has 0 radical (unpaired) electrons. The molecule has 0 bridgehead atoms. The van der Waals surface area contributed by atoms with Crippen molar-refractivity contribution in [2.45, 2.75) is 19.9 Å². The van der Waals surface area contributed by atoms with Gasteiger partial charge in [-0.25, -0.2) is 0 Å². The third-order valence-electron chi connectivity index (χ3n) is 2.39. The lowest BCUT2D eigenvalue weighted by Crippen LogP contribution is -2.04. The zero-order valence-corrected chi connectivity index (χ0v) is 10.8. The summed E-state index contributed by atoms with van der Waals surface area (Å²) in [5.74, 6) is 0. The van der Waals surface area contributed by atoms with Crippen LogP contribution in [0.15, 0.2) is 22.9 Å². The third kappa shape index (κ3) is 2.26. The molecular weight excluding hydrogens is 236 g/mol. The van der Waals surface area contributed by atoms with Crippen molar-refractivity contribution < 1.29 is 0 Å². The predicted octanol–water partition coefficient (Wildman–Crippen LogP) is 4.16. The minimum Gasteiger partial charge on any atom is -0.377 e. The second-order valence-corrected chi connectivity index (χ2v) is 5.51. The summed E-state index contributed by atoms with van der Waals surface area (Å²) in [6, 6.07) is 6.31. The number of anilines is 1. The topological polar surface area (TPSA) is 35.8 Å². The van der Waals surface area contributed by atoms with Gasteiger partial charge in [-0.3, -0.25) is 0 Å². The van der Waals surface area contributed by atoms with Crippen molar-refractivity contribution in [3.8, 4) is 6.07 Å². The van der Waals surface area contributed by atoms with Crippen LogP contribution in [-0.2, 0) is 0 Å². The Balaban J connectivity index is 2.12. The lowest BCUT2D eigenvalue weighted by Gasteiger charge is -2.12. The Morgan fingerprint density at radius 3 is 2.75 bits per heavy atom. The SMILES string of the molecule is Cc1cscc1NC(C)c1ccc(C#N)s1. The van der Waals surface area contributed by atoms with E-state index >= 15 is 0 Å². The summed E-state index contributed by atoms with van der Waals surface area (Å²) in [6.45, 7) is 4.21. The van der Waals surface area contributed by atoms with Crippen LogP contribution in [0.5, 0.6) is 0 Å². The normalized spacial score (nSPS) is 12.1. The summed E-state index contributed by atoms with van der Waals surface area (Å²) in [7, 11) is 0. The molecule has 2 heterocycles. The molecule has 2 nitrogen and oxygen atoms in total.